The van der Waals surface area contributed by atoms with E-state index < -0.39 is 11.4 Å². The molecule has 0 atom stereocenters. The quantitative estimate of drug-likeness (QED) is 0.880. The maximum Gasteiger partial charge on any atom is 0.322 e. The summed E-state index contributed by atoms with van der Waals surface area (Å²) in [4.78, 5) is 17.1. The number of aromatic nitrogens is 1. The Labute approximate surface area is 111 Å². The maximum atomic E-state index is 12.7. The molecule has 0 unspecified atom stereocenters. The summed E-state index contributed by atoms with van der Waals surface area (Å²) in [5, 5.41) is 12.8. The number of nitrogens with one attached hydrogen (secondary N) is 1. The predicted molar refractivity (Wildman–Crippen MR) is 69.3 cm³/mol. The fourth-order valence-corrected chi connectivity index (χ4v) is 2.36. The second-order valence-electron chi connectivity index (χ2n) is 5.08. The van der Waals surface area contributed by atoms with E-state index in [9.17, 15) is 14.3 Å². The molecule has 5 nitrogen and oxygen atoms in total. The van der Waals surface area contributed by atoms with E-state index in [2.05, 4.69) is 10.3 Å². The summed E-state index contributed by atoms with van der Waals surface area (Å²) in [6, 6.07) is 2.26. The number of halogens is 1. The van der Waals surface area contributed by atoms with Crippen molar-refractivity contribution in [2.45, 2.75) is 31.3 Å². The van der Waals surface area contributed by atoms with Crippen molar-refractivity contribution in [1.82, 2.24) is 9.88 Å². The van der Waals surface area contributed by atoms with Gasteiger partial charge in [-0.2, -0.15) is 0 Å². The number of hydrogen-bond acceptors (Lipinski definition) is 3. The highest BCUT2D eigenvalue weighted by atomic mass is 19.1. The van der Waals surface area contributed by atoms with Crippen LogP contribution in [0.15, 0.2) is 18.3 Å². The molecular weight excluding hydrogens is 249 g/mol. The first-order valence-corrected chi connectivity index (χ1v) is 6.35. The molecule has 0 aromatic carbocycles. The molecule has 1 aliphatic rings. The number of likely N-dealkylation sites (N-methyl/N-ethyl adjacent to an activating group) is 1. The van der Waals surface area contributed by atoms with Gasteiger partial charge in [0.2, 0.25) is 0 Å². The zero-order valence-corrected chi connectivity index (χ0v) is 10.9. The van der Waals surface area contributed by atoms with Crippen LogP contribution in [0.2, 0.25) is 0 Å². The molecule has 2 N–H and O–H groups in total. The van der Waals surface area contributed by atoms with Crippen molar-refractivity contribution in [2.24, 2.45) is 0 Å². The minimum atomic E-state index is -0.775. The van der Waals surface area contributed by atoms with Gasteiger partial charge in [0.05, 0.1) is 18.3 Å². The third-order valence-electron chi connectivity index (χ3n) is 3.37. The summed E-state index contributed by atoms with van der Waals surface area (Å²) in [5.74, 6) is -0.164. The van der Waals surface area contributed by atoms with E-state index in [1.807, 2.05) is 0 Å². The summed E-state index contributed by atoms with van der Waals surface area (Å²) in [5.41, 5.74) is -0.775. The Bertz CT molecular complexity index is 444. The number of aliphatic hydroxyl groups is 1. The standard InChI is InChI=1S/C13H18FN3O2/c1-17(9-13(19)6-2-3-7-13)12(18)16-11-5-4-10(14)8-15-11/h4-5,8,19H,2-3,6-7,9H2,1H3,(H,15,16,18). The molecule has 1 heterocycles. The normalized spacial score (nSPS) is 17.2. The number of nitrogens with zero attached hydrogens (tertiary/aromatic N) is 2. The lowest BCUT2D eigenvalue weighted by atomic mass is 10.0. The van der Waals surface area contributed by atoms with Gasteiger partial charge in [0.15, 0.2) is 0 Å². The van der Waals surface area contributed by atoms with E-state index in [0.717, 1.165) is 31.9 Å². The molecule has 0 aliphatic heterocycles. The highest BCUT2D eigenvalue weighted by molar-refractivity contribution is 5.88. The van der Waals surface area contributed by atoms with Crippen LogP contribution < -0.4 is 5.32 Å². The zero-order chi connectivity index (χ0) is 13.9. The first-order valence-electron chi connectivity index (χ1n) is 6.35. The Kier molecular flexibility index (Phi) is 3.99. The molecular formula is C13H18FN3O2. The van der Waals surface area contributed by atoms with Crippen LogP contribution in [0.4, 0.5) is 15.0 Å². The number of carbonyl (C=O) groups excluding carboxylic acids is 1. The Morgan fingerprint density at radius 1 is 1.53 bits per heavy atom. The lowest BCUT2D eigenvalue weighted by Gasteiger charge is -2.28. The summed E-state index contributed by atoms with van der Waals surface area (Å²) in [6.07, 6.45) is 4.47. The van der Waals surface area contributed by atoms with Crippen molar-refractivity contribution >= 4 is 11.8 Å². The molecule has 1 aromatic heterocycles. The highest BCUT2D eigenvalue weighted by Crippen LogP contribution is 2.29. The first-order chi connectivity index (χ1) is 8.98. The van der Waals surface area contributed by atoms with E-state index >= 15 is 0 Å². The number of hydrogen-bond donors (Lipinski definition) is 2. The van der Waals surface area contributed by atoms with Crippen LogP contribution in [0.5, 0.6) is 0 Å². The molecule has 0 saturated heterocycles. The summed E-state index contributed by atoms with van der Waals surface area (Å²) in [7, 11) is 1.62. The molecule has 2 amide bonds. The van der Waals surface area contributed by atoms with Crippen LogP contribution in [0.25, 0.3) is 0 Å². The lowest BCUT2D eigenvalue weighted by molar-refractivity contribution is 0.0261. The van der Waals surface area contributed by atoms with Crippen molar-refractivity contribution in [3.05, 3.63) is 24.1 Å². The van der Waals surface area contributed by atoms with Crippen LogP contribution >= 0.6 is 0 Å². The van der Waals surface area contributed by atoms with E-state index in [1.54, 1.807) is 7.05 Å². The summed E-state index contributed by atoms with van der Waals surface area (Å²) in [6.45, 7) is 0.292. The number of amides is 2. The predicted octanol–water partition coefficient (Wildman–Crippen LogP) is 1.99. The third kappa shape index (κ3) is 3.64. The minimum absolute atomic E-state index is 0.289. The van der Waals surface area contributed by atoms with Gasteiger partial charge in [-0.1, -0.05) is 12.8 Å². The van der Waals surface area contributed by atoms with Crippen molar-refractivity contribution in [1.29, 1.82) is 0 Å². The Morgan fingerprint density at radius 2 is 2.21 bits per heavy atom. The monoisotopic (exact) mass is 267 g/mol. The molecule has 0 radical (unpaired) electrons. The minimum Gasteiger partial charge on any atom is -0.388 e. The number of rotatable bonds is 3. The highest BCUT2D eigenvalue weighted by Gasteiger charge is 2.33. The van der Waals surface area contributed by atoms with Crippen LogP contribution in [-0.2, 0) is 0 Å². The fourth-order valence-electron chi connectivity index (χ4n) is 2.36. The van der Waals surface area contributed by atoms with Crippen LogP contribution in [-0.4, -0.2) is 40.2 Å². The smallest absolute Gasteiger partial charge is 0.322 e. The van der Waals surface area contributed by atoms with Gasteiger partial charge in [-0.05, 0) is 25.0 Å². The topological polar surface area (TPSA) is 65.5 Å². The third-order valence-corrected chi connectivity index (χ3v) is 3.37. The number of anilines is 1. The van der Waals surface area contributed by atoms with Gasteiger partial charge in [-0.3, -0.25) is 5.32 Å². The Balaban J connectivity index is 1.90. The fraction of sp³-hybridized carbons (Fsp3) is 0.538. The van der Waals surface area contributed by atoms with Gasteiger partial charge in [-0.15, -0.1) is 0 Å². The molecule has 104 valence electrons. The van der Waals surface area contributed by atoms with Crippen molar-refractivity contribution < 1.29 is 14.3 Å². The molecule has 19 heavy (non-hydrogen) atoms. The van der Waals surface area contributed by atoms with Crippen LogP contribution in [0.1, 0.15) is 25.7 Å². The van der Waals surface area contributed by atoms with Crippen molar-refractivity contribution in [3.8, 4) is 0 Å². The lowest BCUT2D eigenvalue weighted by Crippen LogP contribution is -2.43. The second kappa shape index (κ2) is 5.52. The maximum absolute atomic E-state index is 12.7. The second-order valence-corrected chi connectivity index (χ2v) is 5.08. The van der Waals surface area contributed by atoms with Gasteiger partial charge < -0.3 is 10.0 Å². The average molecular weight is 267 g/mol. The molecule has 1 aliphatic carbocycles. The largest absolute Gasteiger partial charge is 0.388 e. The van der Waals surface area contributed by atoms with Crippen molar-refractivity contribution in [3.63, 3.8) is 0 Å². The van der Waals surface area contributed by atoms with E-state index in [0.29, 0.717) is 6.54 Å². The SMILES string of the molecule is CN(CC1(O)CCCC1)C(=O)Nc1ccc(F)cn1. The first kappa shape index (κ1) is 13.7. The van der Waals surface area contributed by atoms with E-state index in [1.165, 1.54) is 17.0 Å². The van der Waals surface area contributed by atoms with Crippen molar-refractivity contribution in [2.75, 3.05) is 18.9 Å². The Morgan fingerprint density at radius 3 is 2.79 bits per heavy atom. The van der Waals surface area contributed by atoms with Gasteiger partial charge in [0.1, 0.15) is 11.6 Å². The van der Waals surface area contributed by atoms with E-state index in [4.69, 9.17) is 0 Å². The number of pyridine rings is 1. The van der Waals surface area contributed by atoms with E-state index in [-0.39, 0.29) is 11.8 Å². The average Bonchev–Trinajstić information content (AvgIpc) is 2.78. The summed E-state index contributed by atoms with van der Waals surface area (Å²) < 4.78 is 12.7. The van der Waals surface area contributed by atoms with Gasteiger partial charge in [-0.25, -0.2) is 14.2 Å². The van der Waals surface area contributed by atoms with Crippen LogP contribution in [0, 0.1) is 5.82 Å². The molecule has 1 aromatic rings. The number of carbonyl (C=O) groups is 1. The Hall–Kier alpha value is -1.69. The molecule has 0 bridgehead atoms. The molecule has 6 heteroatoms. The zero-order valence-electron chi connectivity index (χ0n) is 10.9. The molecule has 1 saturated carbocycles. The van der Waals surface area contributed by atoms with Crippen LogP contribution in [0.3, 0.4) is 0 Å². The van der Waals surface area contributed by atoms with Gasteiger partial charge in [0.25, 0.3) is 0 Å². The molecule has 0 spiro atoms. The van der Waals surface area contributed by atoms with Gasteiger partial charge >= 0.3 is 6.03 Å². The molecule has 2 rings (SSSR count). The summed E-state index contributed by atoms with van der Waals surface area (Å²) >= 11 is 0. The molecule has 1 fully saturated rings. The van der Waals surface area contributed by atoms with Gasteiger partial charge in [0, 0.05) is 7.05 Å². The number of urea groups is 1.